The molecule has 1 aliphatic heterocycles. The summed E-state index contributed by atoms with van der Waals surface area (Å²) < 4.78 is 19.1. The van der Waals surface area contributed by atoms with Crippen LogP contribution >= 0.6 is 0 Å². The molecule has 1 fully saturated rings. The molecule has 1 aromatic rings. The lowest BCUT2D eigenvalue weighted by atomic mass is 9.99. The van der Waals surface area contributed by atoms with Crippen LogP contribution in [0.15, 0.2) is 18.2 Å². The van der Waals surface area contributed by atoms with Gasteiger partial charge in [0.05, 0.1) is 5.69 Å². The van der Waals surface area contributed by atoms with Gasteiger partial charge in [0.2, 0.25) is 0 Å². The first kappa shape index (κ1) is 13.0. The van der Waals surface area contributed by atoms with E-state index in [1.54, 1.807) is 12.1 Å². The lowest BCUT2D eigenvalue weighted by Crippen LogP contribution is -2.30. The zero-order chi connectivity index (χ0) is 13.0. The first-order valence-corrected chi connectivity index (χ1v) is 6.24. The second-order valence-electron chi connectivity index (χ2n) is 4.76. The van der Waals surface area contributed by atoms with Gasteiger partial charge < -0.3 is 9.64 Å². The third kappa shape index (κ3) is 3.07. The molecule has 0 unspecified atom stereocenters. The molecular formula is C14H18FNO2. The molecule has 0 N–H and O–H groups in total. The molecule has 98 valence electrons. The maximum atomic E-state index is 13.8. The summed E-state index contributed by atoms with van der Waals surface area (Å²) >= 11 is 0. The number of nitrogens with zero attached hydrogens (tertiary/aromatic N) is 1. The number of ether oxygens (including phenoxy) is 1. The molecule has 1 aliphatic rings. The van der Waals surface area contributed by atoms with Crippen LogP contribution in [0.2, 0.25) is 0 Å². The van der Waals surface area contributed by atoms with Crippen LogP contribution in [-0.4, -0.2) is 33.1 Å². The summed E-state index contributed by atoms with van der Waals surface area (Å²) in [5, 5.41) is 0. The van der Waals surface area contributed by atoms with E-state index in [1.807, 2.05) is 11.9 Å². The van der Waals surface area contributed by atoms with E-state index in [2.05, 4.69) is 0 Å². The molecule has 4 heteroatoms. The summed E-state index contributed by atoms with van der Waals surface area (Å²) in [5.41, 5.74) is 0.919. The Kier molecular flexibility index (Phi) is 4.31. The number of rotatable bonds is 4. The van der Waals surface area contributed by atoms with Gasteiger partial charge >= 0.3 is 0 Å². The minimum absolute atomic E-state index is 0.339. The number of benzene rings is 1. The molecule has 0 bridgehead atoms. The molecule has 0 radical (unpaired) electrons. The van der Waals surface area contributed by atoms with Gasteiger partial charge in [-0.1, -0.05) is 0 Å². The molecule has 0 aromatic heterocycles. The molecular weight excluding hydrogens is 233 g/mol. The molecule has 0 atom stereocenters. The molecule has 1 saturated heterocycles. The quantitative estimate of drug-likeness (QED) is 0.770. The van der Waals surface area contributed by atoms with Crippen molar-refractivity contribution in [3.63, 3.8) is 0 Å². The molecule has 0 saturated carbocycles. The van der Waals surface area contributed by atoms with E-state index >= 15 is 0 Å². The van der Waals surface area contributed by atoms with Crippen LogP contribution in [0.4, 0.5) is 10.1 Å². The number of aldehydes is 1. The predicted molar refractivity (Wildman–Crippen MR) is 68.6 cm³/mol. The van der Waals surface area contributed by atoms with Crippen LogP contribution in [-0.2, 0) is 4.74 Å². The number of carbonyl (C=O) groups excluding carboxylic acids is 1. The van der Waals surface area contributed by atoms with E-state index in [0.29, 0.717) is 23.5 Å². The van der Waals surface area contributed by atoms with Crippen LogP contribution < -0.4 is 4.90 Å². The second kappa shape index (κ2) is 5.96. The molecule has 1 heterocycles. The minimum Gasteiger partial charge on any atom is -0.381 e. The molecule has 0 aliphatic carbocycles. The zero-order valence-electron chi connectivity index (χ0n) is 10.6. The Morgan fingerprint density at radius 3 is 2.78 bits per heavy atom. The Bertz CT molecular complexity index is 416. The maximum absolute atomic E-state index is 13.8. The fraction of sp³-hybridized carbons (Fsp3) is 0.500. The van der Waals surface area contributed by atoms with E-state index in [4.69, 9.17) is 4.74 Å². The predicted octanol–water partition coefficient (Wildman–Crippen LogP) is 2.50. The van der Waals surface area contributed by atoms with Crippen molar-refractivity contribution in [3.05, 3.63) is 29.6 Å². The molecule has 18 heavy (non-hydrogen) atoms. The molecule has 1 aromatic carbocycles. The lowest BCUT2D eigenvalue weighted by molar-refractivity contribution is 0.0685. The van der Waals surface area contributed by atoms with Gasteiger partial charge in [0.25, 0.3) is 0 Å². The average Bonchev–Trinajstić information content (AvgIpc) is 2.39. The Labute approximate surface area is 107 Å². The van der Waals surface area contributed by atoms with Gasteiger partial charge in [-0.2, -0.15) is 0 Å². The Hall–Kier alpha value is -1.42. The van der Waals surface area contributed by atoms with Gasteiger partial charge in [-0.3, -0.25) is 4.79 Å². The number of anilines is 1. The molecule has 3 nitrogen and oxygen atoms in total. The summed E-state index contributed by atoms with van der Waals surface area (Å²) in [7, 11) is 1.88. The van der Waals surface area contributed by atoms with E-state index in [-0.39, 0.29) is 5.82 Å². The third-order valence-electron chi connectivity index (χ3n) is 3.39. The first-order valence-electron chi connectivity index (χ1n) is 6.24. The standard InChI is InChI=1S/C14H18FNO2/c1-16(9-11-4-6-18-7-5-11)14-3-2-12(10-17)8-13(14)15/h2-3,8,10-11H,4-7,9H2,1H3. The summed E-state index contributed by atoms with van der Waals surface area (Å²) in [5.74, 6) is 0.211. The molecule has 0 spiro atoms. The summed E-state index contributed by atoms with van der Waals surface area (Å²) in [4.78, 5) is 12.5. The zero-order valence-corrected chi connectivity index (χ0v) is 10.6. The van der Waals surface area contributed by atoms with Crippen LogP contribution in [0.5, 0.6) is 0 Å². The monoisotopic (exact) mass is 251 g/mol. The smallest absolute Gasteiger partial charge is 0.150 e. The van der Waals surface area contributed by atoms with Crippen molar-refractivity contribution in [3.8, 4) is 0 Å². The highest BCUT2D eigenvalue weighted by Crippen LogP contribution is 2.22. The van der Waals surface area contributed by atoms with Crippen molar-refractivity contribution in [2.45, 2.75) is 12.8 Å². The average molecular weight is 251 g/mol. The van der Waals surface area contributed by atoms with Gasteiger partial charge in [0.1, 0.15) is 12.1 Å². The SMILES string of the molecule is CN(CC1CCOCC1)c1ccc(C=O)cc1F. The van der Waals surface area contributed by atoms with Gasteiger partial charge in [-0.05, 0) is 37.0 Å². The van der Waals surface area contributed by atoms with Crippen molar-refractivity contribution < 1.29 is 13.9 Å². The molecule has 2 rings (SSSR count). The van der Waals surface area contributed by atoms with Gasteiger partial charge in [0.15, 0.2) is 0 Å². The Balaban J connectivity index is 2.03. The van der Waals surface area contributed by atoms with E-state index in [1.165, 1.54) is 6.07 Å². The van der Waals surface area contributed by atoms with Crippen molar-refractivity contribution in [2.75, 3.05) is 31.7 Å². The highest BCUT2D eigenvalue weighted by atomic mass is 19.1. The number of hydrogen-bond donors (Lipinski definition) is 0. The number of carbonyl (C=O) groups is 1. The summed E-state index contributed by atoms with van der Waals surface area (Å²) in [6.45, 7) is 2.41. The van der Waals surface area contributed by atoms with Crippen molar-refractivity contribution in [1.29, 1.82) is 0 Å². The Morgan fingerprint density at radius 1 is 1.44 bits per heavy atom. The normalized spacial score (nSPS) is 16.6. The van der Waals surface area contributed by atoms with Gasteiger partial charge in [-0.25, -0.2) is 4.39 Å². The van der Waals surface area contributed by atoms with Crippen LogP contribution in [0.1, 0.15) is 23.2 Å². The number of halogens is 1. The van der Waals surface area contributed by atoms with Crippen LogP contribution in [0.3, 0.4) is 0 Å². The van der Waals surface area contributed by atoms with E-state index in [9.17, 15) is 9.18 Å². The minimum atomic E-state index is -0.339. The Morgan fingerprint density at radius 2 is 2.17 bits per heavy atom. The van der Waals surface area contributed by atoms with Gasteiger partial charge in [-0.15, -0.1) is 0 Å². The third-order valence-corrected chi connectivity index (χ3v) is 3.39. The van der Waals surface area contributed by atoms with Crippen molar-refractivity contribution in [1.82, 2.24) is 0 Å². The first-order chi connectivity index (χ1) is 8.70. The number of hydrogen-bond acceptors (Lipinski definition) is 3. The van der Waals surface area contributed by atoms with Crippen molar-refractivity contribution in [2.24, 2.45) is 5.92 Å². The van der Waals surface area contributed by atoms with Crippen molar-refractivity contribution >= 4 is 12.0 Å². The maximum Gasteiger partial charge on any atom is 0.150 e. The lowest BCUT2D eigenvalue weighted by Gasteiger charge is -2.28. The fourth-order valence-corrected chi connectivity index (χ4v) is 2.32. The van der Waals surface area contributed by atoms with Gasteiger partial charge in [0, 0.05) is 32.4 Å². The highest BCUT2D eigenvalue weighted by Gasteiger charge is 2.17. The van der Waals surface area contributed by atoms with Crippen LogP contribution in [0.25, 0.3) is 0 Å². The summed E-state index contributed by atoms with van der Waals surface area (Å²) in [6, 6.07) is 4.59. The topological polar surface area (TPSA) is 29.5 Å². The summed E-state index contributed by atoms with van der Waals surface area (Å²) in [6.07, 6.45) is 2.71. The fourth-order valence-electron chi connectivity index (χ4n) is 2.32. The van der Waals surface area contributed by atoms with E-state index < -0.39 is 0 Å². The highest BCUT2D eigenvalue weighted by molar-refractivity contribution is 5.75. The second-order valence-corrected chi connectivity index (χ2v) is 4.76. The van der Waals surface area contributed by atoms with E-state index in [0.717, 1.165) is 32.6 Å². The largest absolute Gasteiger partial charge is 0.381 e. The molecule has 0 amide bonds. The van der Waals surface area contributed by atoms with Crippen LogP contribution in [0, 0.1) is 11.7 Å².